The summed E-state index contributed by atoms with van der Waals surface area (Å²) in [7, 11) is 0. The maximum Gasteiger partial charge on any atom is 0.194 e. The van der Waals surface area contributed by atoms with Gasteiger partial charge in [-0.1, -0.05) is 0 Å². The zero-order chi connectivity index (χ0) is 16.0. The first-order valence-corrected chi connectivity index (χ1v) is 7.51. The first-order valence-electron chi connectivity index (χ1n) is 7.51. The lowest BCUT2D eigenvalue weighted by atomic mass is 9.84. The SMILES string of the molecule is O=C1c2ccc(N3CCOCC3)cc2C(=O)c2ccc(F)cc21. The number of benzene rings is 2. The topological polar surface area (TPSA) is 46.6 Å². The highest BCUT2D eigenvalue weighted by molar-refractivity contribution is 6.28. The van der Waals surface area contributed by atoms with Crippen LogP contribution in [0.15, 0.2) is 36.4 Å². The predicted octanol–water partition coefficient (Wildman–Crippen LogP) is 2.44. The number of hydrogen-bond acceptors (Lipinski definition) is 4. The van der Waals surface area contributed by atoms with Gasteiger partial charge in [-0.05, 0) is 36.4 Å². The van der Waals surface area contributed by atoms with Gasteiger partial charge in [-0.2, -0.15) is 0 Å². The van der Waals surface area contributed by atoms with E-state index in [2.05, 4.69) is 4.90 Å². The maximum absolute atomic E-state index is 13.4. The van der Waals surface area contributed by atoms with Crippen molar-refractivity contribution in [1.82, 2.24) is 0 Å². The molecule has 0 saturated carbocycles. The van der Waals surface area contributed by atoms with Crippen LogP contribution in [0.25, 0.3) is 0 Å². The molecule has 2 aromatic rings. The van der Waals surface area contributed by atoms with Crippen molar-refractivity contribution in [3.05, 3.63) is 64.5 Å². The molecule has 0 spiro atoms. The molecule has 0 bridgehead atoms. The fourth-order valence-corrected chi connectivity index (χ4v) is 3.13. The molecular weight excluding hydrogens is 297 g/mol. The molecule has 4 rings (SSSR count). The van der Waals surface area contributed by atoms with Crippen molar-refractivity contribution in [2.45, 2.75) is 0 Å². The van der Waals surface area contributed by atoms with Gasteiger partial charge in [0.2, 0.25) is 0 Å². The summed E-state index contributed by atoms with van der Waals surface area (Å²) in [6.07, 6.45) is 0. The number of rotatable bonds is 1. The molecule has 1 heterocycles. The molecule has 0 N–H and O–H groups in total. The summed E-state index contributed by atoms with van der Waals surface area (Å²) in [5.41, 5.74) is 2.03. The van der Waals surface area contributed by atoms with Crippen molar-refractivity contribution >= 4 is 17.3 Å². The highest BCUT2D eigenvalue weighted by atomic mass is 19.1. The minimum absolute atomic E-state index is 0.140. The van der Waals surface area contributed by atoms with Crippen LogP contribution in [0.1, 0.15) is 31.8 Å². The number of nitrogens with zero attached hydrogens (tertiary/aromatic N) is 1. The van der Waals surface area contributed by atoms with Crippen LogP contribution in [0.2, 0.25) is 0 Å². The third kappa shape index (κ3) is 2.24. The smallest absolute Gasteiger partial charge is 0.194 e. The molecule has 4 nitrogen and oxygen atoms in total. The fourth-order valence-electron chi connectivity index (χ4n) is 3.13. The van der Waals surface area contributed by atoms with Crippen LogP contribution in [-0.4, -0.2) is 37.9 Å². The Bertz CT molecular complexity index is 825. The molecule has 0 radical (unpaired) electrons. The molecule has 2 aromatic carbocycles. The molecule has 0 aromatic heterocycles. The Morgan fingerprint density at radius 3 is 2.13 bits per heavy atom. The van der Waals surface area contributed by atoms with Crippen LogP contribution < -0.4 is 4.90 Å². The molecule has 1 fully saturated rings. The van der Waals surface area contributed by atoms with E-state index < -0.39 is 5.82 Å². The molecule has 116 valence electrons. The Hall–Kier alpha value is -2.53. The molecule has 23 heavy (non-hydrogen) atoms. The van der Waals surface area contributed by atoms with Gasteiger partial charge in [0, 0.05) is 41.0 Å². The molecule has 0 atom stereocenters. The largest absolute Gasteiger partial charge is 0.378 e. The second-order valence-electron chi connectivity index (χ2n) is 5.68. The number of hydrogen-bond donors (Lipinski definition) is 0. The minimum atomic E-state index is -0.515. The summed E-state index contributed by atoms with van der Waals surface area (Å²) in [5.74, 6) is -1.05. The van der Waals surface area contributed by atoms with Gasteiger partial charge in [0.1, 0.15) is 5.82 Å². The van der Waals surface area contributed by atoms with Crippen LogP contribution in [-0.2, 0) is 4.74 Å². The van der Waals surface area contributed by atoms with Crippen LogP contribution >= 0.6 is 0 Å². The van der Waals surface area contributed by atoms with Crippen molar-refractivity contribution in [3.63, 3.8) is 0 Å². The van der Waals surface area contributed by atoms with Crippen molar-refractivity contribution < 1.29 is 18.7 Å². The van der Waals surface area contributed by atoms with Crippen molar-refractivity contribution in [2.75, 3.05) is 31.2 Å². The van der Waals surface area contributed by atoms with E-state index in [0.717, 1.165) is 24.8 Å². The number of morpholine rings is 1. The lowest BCUT2D eigenvalue weighted by molar-refractivity contribution is 0.0978. The number of ether oxygens (including phenoxy) is 1. The second-order valence-corrected chi connectivity index (χ2v) is 5.68. The molecular formula is C18H14FNO3. The zero-order valence-electron chi connectivity index (χ0n) is 12.3. The standard InChI is InChI=1S/C18H14FNO3/c19-11-1-3-13-15(9-11)17(21)14-4-2-12(10-16(14)18(13)22)20-5-7-23-8-6-20/h1-4,9-10H,5-8H2. The summed E-state index contributed by atoms with van der Waals surface area (Å²) >= 11 is 0. The monoisotopic (exact) mass is 311 g/mol. The summed E-state index contributed by atoms with van der Waals surface area (Å²) < 4.78 is 18.7. The summed E-state index contributed by atoms with van der Waals surface area (Å²) in [4.78, 5) is 27.3. The zero-order valence-corrected chi connectivity index (χ0v) is 12.3. The van der Waals surface area contributed by atoms with E-state index in [1.807, 2.05) is 6.07 Å². The summed E-state index contributed by atoms with van der Waals surface area (Å²) in [6, 6.07) is 8.98. The average Bonchev–Trinajstić information content (AvgIpc) is 2.60. The first-order chi connectivity index (χ1) is 11.1. The van der Waals surface area contributed by atoms with Crippen LogP contribution in [0.4, 0.5) is 10.1 Å². The Kier molecular flexibility index (Phi) is 3.23. The quantitative estimate of drug-likeness (QED) is 0.692. The molecule has 2 aliphatic rings. The Morgan fingerprint density at radius 1 is 0.826 bits per heavy atom. The first kappa shape index (κ1) is 14.1. The Balaban J connectivity index is 1.80. The molecule has 1 aliphatic carbocycles. The number of ketones is 2. The predicted molar refractivity (Wildman–Crippen MR) is 82.7 cm³/mol. The number of carbonyl (C=O) groups is 2. The maximum atomic E-state index is 13.4. The number of fused-ring (bicyclic) bond motifs is 2. The molecule has 0 unspecified atom stereocenters. The Morgan fingerprint density at radius 2 is 1.43 bits per heavy atom. The van der Waals surface area contributed by atoms with Gasteiger partial charge >= 0.3 is 0 Å². The molecule has 5 heteroatoms. The summed E-state index contributed by atoms with van der Waals surface area (Å²) in [6.45, 7) is 2.80. The van der Waals surface area contributed by atoms with E-state index in [0.29, 0.717) is 24.3 Å². The van der Waals surface area contributed by atoms with E-state index in [1.165, 1.54) is 12.1 Å². The van der Waals surface area contributed by atoms with Crippen molar-refractivity contribution in [3.8, 4) is 0 Å². The molecule has 1 saturated heterocycles. The summed E-state index contributed by atoms with van der Waals surface area (Å²) in [5, 5.41) is 0. The van der Waals surface area contributed by atoms with Crippen LogP contribution in [0.5, 0.6) is 0 Å². The van der Waals surface area contributed by atoms with Gasteiger partial charge < -0.3 is 9.64 Å². The lowest BCUT2D eigenvalue weighted by Gasteiger charge is -2.30. The third-order valence-electron chi connectivity index (χ3n) is 4.34. The average molecular weight is 311 g/mol. The van der Waals surface area contributed by atoms with Crippen molar-refractivity contribution in [1.29, 1.82) is 0 Å². The normalized spacial score (nSPS) is 17.0. The number of anilines is 1. The number of halogens is 1. The van der Waals surface area contributed by atoms with Gasteiger partial charge in [0.25, 0.3) is 0 Å². The minimum Gasteiger partial charge on any atom is -0.378 e. The van der Waals surface area contributed by atoms with E-state index in [-0.39, 0.29) is 22.7 Å². The highest BCUT2D eigenvalue weighted by Gasteiger charge is 2.30. The molecule has 0 amide bonds. The Labute approximate surface area is 132 Å². The third-order valence-corrected chi connectivity index (χ3v) is 4.34. The molecule has 1 aliphatic heterocycles. The van der Waals surface area contributed by atoms with Gasteiger partial charge in [0.15, 0.2) is 11.6 Å². The van der Waals surface area contributed by atoms with Gasteiger partial charge in [-0.3, -0.25) is 9.59 Å². The van der Waals surface area contributed by atoms with Gasteiger partial charge in [-0.25, -0.2) is 4.39 Å². The van der Waals surface area contributed by atoms with Crippen LogP contribution in [0, 0.1) is 5.82 Å². The van der Waals surface area contributed by atoms with E-state index in [4.69, 9.17) is 4.74 Å². The second kappa shape index (κ2) is 5.28. The fraction of sp³-hybridized carbons (Fsp3) is 0.222. The van der Waals surface area contributed by atoms with E-state index in [1.54, 1.807) is 12.1 Å². The van der Waals surface area contributed by atoms with E-state index in [9.17, 15) is 14.0 Å². The lowest BCUT2D eigenvalue weighted by Crippen LogP contribution is -2.36. The highest BCUT2D eigenvalue weighted by Crippen LogP contribution is 2.30. The van der Waals surface area contributed by atoms with Gasteiger partial charge in [-0.15, -0.1) is 0 Å². The number of carbonyl (C=O) groups excluding carboxylic acids is 2. The van der Waals surface area contributed by atoms with Gasteiger partial charge in [0.05, 0.1) is 13.2 Å². The van der Waals surface area contributed by atoms with E-state index >= 15 is 0 Å². The van der Waals surface area contributed by atoms with Crippen molar-refractivity contribution in [2.24, 2.45) is 0 Å². The van der Waals surface area contributed by atoms with Crippen LogP contribution in [0.3, 0.4) is 0 Å².